The summed E-state index contributed by atoms with van der Waals surface area (Å²) in [5.74, 6) is -5.33. The first-order valence-corrected chi connectivity index (χ1v) is 8.67. The average Bonchev–Trinajstić information content (AvgIpc) is 2.91. The molecule has 27 heavy (non-hydrogen) atoms. The molecule has 0 aliphatic carbocycles. The smallest absolute Gasteiger partial charge is 0.257 e. The first-order chi connectivity index (χ1) is 12.9. The van der Waals surface area contributed by atoms with E-state index in [1.54, 1.807) is 17.0 Å². The highest BCUT2D eigenvalue weighted by atomic mass is 19.2. The summed E-state index contributed by atoms with van der Waals surface area (Å²) in [6, 6.07) is 8.92. The standard InChI is InChI=1S/C20H19F3N2O2/c1-13-4-2-5-14(12-13)19(26)24-8-3-9-25(11-10-24)20(27)15-6-7-16(21)18(23)17(15)22/h2,4-7,12H,3,8-11H2,1H3. The molecule has 1 aliphatic heterocycles. The van der Waals surface area contributed by atoms with Crippen LogP contribution >= 0.6 is 0 Å². The van der Waals surface area contributed by atoms with Crippen molar-refractivity contribution >= 4 is 11.8 Å². The van der Waals surface area contributed by atoms with E-state index in [0.717, 1.165) is 17.7 Å². The Morgan fingerprint density at radius 2 is 1.52 bits per heavy atom. The predicted molar refractivity (Wildman–Crippen MR) is 93.9 cm³/mol. The van der Waals surface area contributed by atoms with Gasteiger partial charge in [-0.05, 0) is 37.6 Å². The van der Waals surface area contributed by atoms with E-state index in [4.69, 9.17) is 0 Å². The van der Waals surface area contributed by atoms with Crippen LogP contribution in [-0.2, 0) is 0 Å². The van der Waals surface area contributed by atoms with Crippen molar-refractivity contribution in [1.82, 2.24) is 9.80 Å². The maximum atomic E-state index is 13.9. The third-order valence-corrected chi connectivity index (χ3v) is 4.60. The number of amides is 2. The molecule has 0 spiro atoms. The lowest BCUT2D eigenvalue weighted by atomic mass is 10.1. The Labute approximate surface area is 155 Å². The van der Waals surface area contributed by atoms with Crippen molar-refractivity contribution in [2.45, 2.75) is 13.3 Å². The molecule has 0 aromatic heterocycles. The lowest BCUT2D eigenvalue weighted by Crippen LogP contribution is -2.37. The van der Waals surface area contributed by atoms with E-state index in [2.05, 4.69) is 0 Å². The second kappa shape index (κ2) is 7.82. The predicted octanol–water partition coefficient (Wildman–Crippen LogP) is 3.40. The monoisotopic (exact) mass is 376 g/mol. The number of rotatable bonds is 2. The lowest BCUT2D eigenvalue weighted by Gasteiger charge is -2.22. The SMILES string of the molecule is Cc1cccc(C(=O)N2CCCN(C(=O)c3ccc(F)c(F)c3F)CC2)c1. The zero-order valence-electron chi connectivity index (χ0n) is 14.8. The van der Waals surface area contributed by atoms with Gasteiger partial charge in [0, 0.05) is 31.7 Å². The number of carbonyl (C=O) groups excluding carboxylic acids is 2. The summed E-state index contributed by atoms with van der Waals surface area (Å²) >= 11 is 0. The Morgan fingerprint density at radius 1 is 0.852 bits per heavy atom. The molecule has 4 nitrogen and oxygen atoms in total. The third kappa shape index (κ3) is 3.97. The molecule has 0 radical (unpaired) electrons. The molecule has 1 aliphatic rings. The second-order valence-corrected chi connectivity index (χ2v) is 6.53. The number of halogens is 3. The van der Waals surface area contributed by atoms with E-state index in [9.17, 15) is 22.8 Å². The van der Waals surface area contributed by atoms with Gasteiger partial charge in [-0.1, -0.05) is 17.7 Å². The van der Waals surface area contributed by atoms with E-state index in [1.807, 2.05) is 19.1 Å². The summed E-state index contributed by atoms with van der Waals surface area (Å²) in [5, 5.41) is 0. The van der Waals surface area contributed by atoms with Crippen LogP contribution in [0.4, 0.5) is 13.2 Å². The molecule has 1 heterocycles. The number of carbonyl (C=O) groups is 2. The molecule has 3 rings (SSSR count). The van der Waals surface area contributed by atoms with Crippen molar-refractivity contribution in [2.24, 2.45) is 0 Å². The van der Waals surface area contributed by atoms with Crippen LogP contribution in [0.15, 0.2) is 36.4 Å². The Balaban J connectivity index is 1.72. The quantitative estimate of drug-likeness (QED) is 0.754. The van der Waals surface area contributed by atoms with Crippen LogP contribution in [0.5, 0.6) is 0 Å². The van der Waals surface area contributed by atoms with Crippen molar-refractivity contribution in [3.63, 3.8) is 0 Å². The fourth-order valence-corrected chi connectivity index (χ4v) is 3.15. The Kier molecular flexibility index (Phi) is 5.48. The van der Waals surface area contributed by atoms with Crippen molar-refractivity contribution in [3.8, 4) is 0 Å². The van der Waals surface area contributed by atoms with E-state index in [0.29, 0.717) is 25.1 Å². The number of benzene rings is 2. The van der Waals surface area contributed by atoms with Gasteiger partial charge in [0.05, 0.1) is 5.56 Å². The van der Waals surface area contributed by atoms with Crippen LogP contribution in [0.1, 0.15) is 32.7 Å². The molecule has 2 amide bonds. The average molecular weight is 376 g/mol. The molecule has 0 unspecified atom stereocenters. The van der Waals surface area contributed by atoms with Gasteiger partial charge in [0.15, 0.2) is 17.5 Å². The van der Waals surface area contributed by atoms with Crippen LogP contribution in [0.2, 0.25) is 0 Å². The molecule has 0 atom stereocenters. The van der Waals surface area contributed by atoms with Gasteiger partial charge in [-0.2, -0.15) is 0 Å². The summed E-state index contributed by atoms with van der Waals surface area (Å²) in [7, 11) is 0. The lowest BCUT2D eigenvalue weighted by molar-refractivity contribution is 0.0715. The van der Waals surface area contributed by atoms with E-state index >= 15 is 0 Å². The summed E-state index contributed by atoms with van der Waals surface area (Å²) in [6.45, 7) is 3.13. The summed E-state index contributed by atoms with van der Waals surface area (Å²) < 4.78 is 40.4. The number of hydrogen-bond acceptors (Lipinski definition) is 2. The van der Waals surface area contributed by atoms with Crippen molar-refractivity contribution in [1.29, 1.82) is 0 Å². The fourth-order valence-electron chi connectivity index (χ4n) is 3.15. The first-order valence-electron chi connectivity index (χ1n) is 8.67. The second-order valence-electron chi connectivity index (χ2n) is 6.53. The maximum absolute atomic E-state index is 13.9. The Morgan fingerprint density at radius 3 is 2.19 bits per heavy atom. The highest BCUT2D eigenvalue weighted by Gasteiger charge is 2.26. The van der Waals surface area contributed by atoms with Gasteiger partial charge in [0.1, 0.15) is 0 Å². The molecule has 0 N–H and O–H groups in total. The first kappa shape index (κ1) is 18.9. The zero-order chi connectivity index (χ0) is 19.6. The van der Waals surface area contributed by atoms with Gasteiger partial charge in [0.2, 0.25) is 0 Å². The molecule has 7 heteroatoms. The Hall–Kier alpha value is -2.83. The highest BCUT2D eigenvalue weighted by Crippen LogP contribution is 2.18. The van der Waals surface area contributed by atoms with Crippen molar-refractivity contribution < 1.29 is 22.8 Å². The van der Waals surface area contributed by atoms with E-state index in [1.165, 1.54) is 4.90 Å². The van der Waals surface area contributed by atoms with E-state index in [-0.39, 0.29) is 19.0 Å². The minimum atomic E-state index is -1.66. The summed E-state index contributed by atoms with van der Waals surface area (Å²) in [6.07, 6.45) is 0.509. The third-order valence-electron chi connectivity index (χ3n) is 4.60. The van der Waals surface area contributed by atoms with E-state index < -0.39 is 28.9 Å². The van der Waals surface area contributed by atoms with Crippen molar-refractivity contribution in [3.05, 3.63) is 70.5 Å². The zero-order valence-corrected chi connectivity index (χ0v) is 14.8. The van der Waals surface area contributed by atoms with Crippen molar-refractivity contribution in [2.75, 3.05) is 26.2 Å². The van der Waals surface area contributed by atoms with Crippen LogP contribution in [-0.4, -0.2) is 47.8 Å². The van der Waals surface area contributed by atoms with Gasteiger partial charge in [-0.3, -0.25) is 9.59 Å². The molecule has 2 aromatic carbocycles. The summed E-state index contributed by atoms with van der Waals surface area (Å²) in [4.78, 5) is 28.2. The molecule has 1 saturated heterocycles. The number of hydrogen-bond donors (Lipinski definition) is 0. The van der Waals surface area contributed by atoms with Gasteiger partial charge < -0.3 is 9.80 Å². The topological polar surface area (TPSA) is 40.6 Å². The van der Waals surface area contributed by atoms with Crippen LogP contribution in [0.25, 0.3) is 0 Å². The molecule has 0 saturated carbocycles. The molecule has 142 valence electrons. The molecular weight excluding hydrogens is 357 g/mol. The summed E-state index contributed by atoms with van der Waals surface area (Å²) in [5.41, 5.74) is 1.04. The normalized spacial score (nSPS) is 14.8. The largest absolute Gasteiger partial charge is 0.337 e. The number of nitrogens with zero attached hydrogens (tertiary/aromatic N) is 2. The molecule has 2 aromatic rings. The molecule has 0 bridgehead atoms. The highest BCUT2D eigenvalue weighted by molar-refractivity contribution is 5.95. The minimum absolute atomic E-state index is 0.132. The van der Waals surface area contributed by atoms with Gasteiger partial charge in [0.25, 0.3) is 11.8 Å². The van der Waals surface area contributed by atoms with Gasteiger partial charge in [-0.15, -0.1) is 0 Å². The van der Waals surface area contributed by atoms with Crippen LogP contribution in [0.3, 0.4) is 0 Å². The Bertz CT molecular complexity index is 886. The van der Waals surface area contributed by atoms with Crippen LogP contribution < -0.4 is 0 Å². The maximum Gasteiger partial charge on any atom is 0.257 e. The van der Waals surface area contributed by atoms with Gasteiger partial charge in [-0.25, -0.2) is 13.2 Å². The number of aryl methyl sites for hydroxylation is 1. The molecule has 1 fully saturated rings. The fraction of sp³-hybridized carbons (Fsp3) is 0.300. The van der Waals surface area contributed by atoms with Crippen LogP contribution in [0, 0.1) is 24.4 Å². The molecular formula is C20H19F3N2O2. The van der Waals surface area contributed by atoms with Gasteiger partial charge >= 0.3 is 0 Å². The minimum Gasteiger partial charge on any atom is -0.337 e.